The van der Waals surface area contributed by atoms with Crippen molar-refractivity contribution < 1.29 is 19.1 Å². The molecule has 1 aromatic carbocycles. The molecule has 1 amide bonds. The van der Waals surface area contributed by atoms with E-state index in [1.165, 1.54) is 26.4 Å². The second-order valence-electron chi connectivity index (χ2n) is 5.84. The standard InChI is InChI=1S/C19H29NO4/c1-3-4-5-6-7-11-14-17(18(21)23-2)20-19(22)24-15-16-12-9-8-10-13-16/h8-10,12-13,17H,3-7,11,14-15H2,1-2H3,(H,20,22)/t17-/m0/s1. The lowest BCUT2D eigenvalue weighted by Gasteiger charge is -2.16. The van der Waals surface area contributed by atoms with E-state index in [0.29, 0.717) is 6.42 Å². The third-order valence-electron chi connectivity index (χ3n) is 3.84. The molecule has 0 heterocycles. The molecule has 0 saturated carbocycles. The maximum atomic E-state index is 11.9. The van der Waals surface area contributed by atoms with Gasteiger partial charge in [0.25, 0.3) is 0 Å². The lowest BCUT2D eigenvalue weighted by molar-refractivity contribution is -0.143. The fraction of sp³-hybridized carbons (Fsp3) is 0.579. The molecule has 0 unspecified atom stereocenters. The first-order valence-electron chi connectivity index (χ1n) is 8.72. The maximum absolute atomic E-state index is 11.9. The normalized spacial score (nSPS) is 11.6. The molecule has 5 nitrogen and oxygen atoms in total. The van der Waals surface area contributed by atoms with Crippen molar-refractivity contribution in [2.24, 2.45) is 0 Å². The lowest BCUT2D eigenvalue weighted by Crippen LogP contribution is -2.41. The highest BCUT2D eigenvalue weighted by molar-refractivity contribution is 5.81. The van der Waals surface area contributed by atoms with E-state index in [2.05, 4.69) is 12.2 Å². The highest BCUT2D eigenvalue weighted by Crippen LogP contribution is 2.10. The van der Waals surface area contributed by atoms with E-state index in [1.54, 1.807) is 0 Å². The van der Waals surface area contributed by atoms with Crippen molar-refractivity contribution in [3.05, 3.63) is 35.9 Å². The molecule has 134 valence electrons. The molecule has 0 aliphatic carbocycles. The summed E-state index contributed by atoms with van der Waals surface area (Å²) in [6.45, 7) is 2.36. The number of hydrogen-bond acceptors (Lipinski definition) is 4. The number of methoxy groups -OCH3 is 1. The van der Waals surface area contributed by atoms with E-state index >= 15 is 0 Å². The Morgan fingerprint density at radius 1 is 1.04 bits per heavy atom. The molecule has 1 N–H and O–H groups in total. The molecule has 0 spiro atoms. The minimum Gasteiger partial charge on any atom is -0.467 e. The smallest absolute Gasteiger partial charge is 0.408 e. The van der Waals surface area contributed by atoms with E-state index in [9.17, 15) is 9.59 Å². The van der Waals surface area contributed by atoms with Gasteiger partial charge in [-0.1, -0.05) is 75.8 Å². The molecule has 0 aliphatic rings. The van der Waals surface area contributed by atoms with E-state index in [-0.39, 0.29) is 6.61 Å². The summed E-state index contributed by atoms with van der Waals surface area (Å²) in [6.07, 6.45) is 6.71. The first kappa shape index (κ1) is 20.0. The summed E-state index contributed by atoms with van der Waals surface area (Å²) in [5.74, 6) is -0.430. The number of carbonyl (C=O) groups excluding carboxylic acids is 2. The van der Waals surface area contributed by atoms with Crippen LogP contribution in [0.25, 0.3) is 0 Å². The average molecular weight is 335 g/mol. The zero-order valence-electron chi connectivity index (χ0n) is 14.8. The van der Waals surface area contributed by atoms with Gasteiger partial charge in [-0.2, -0.15) is 0 Å². The Labute approximate surface area is 144 Å². The monoisotopic (exact) mass is 335 g/mol. The van der Waals surface area contributed by atoms with Crippen LogP contribution in [0.2, 0.25) is 0 Å². The van der Waals surface area contributed by atoms with Gasteiger partial charge in [-0.05, 0) is 12.0 Å². The van der Waals surface area contributed by atoms with Gasteiger partial charge in [-0.3, -0.25) is 0 Å². The molecule has 24 heavy (non-hydrogen) atoms. The fourth-order valence-corrected chi connectivity index (χ4v) is 2.43. The van der Waals surface area contributed by atoms with Crippen LogP contribution in [0.15, 0.2) is 30.3 Å². The molecule has 0 saturated heterocycles. The predicted molar refractivity (Wildman–Crippen MR) is 93.6 cm³/mol. The molecule has 0 aromatic heterocycles. The summed E-state index contributed by atoms with van der Waals surface area (Å²) >= 11 is 0. The van der Waals surface area contributed by atoms with Crippen LogP contribution in [-0.4, -0.2) is 25.2 Å². The zero-order valence-corrected chi connectivity index (χ0v) is 14.8. The minimum absolute atomic E-state index is 0.178. The van der Waals surface area contributed by atoms with Crippen molar-refractivity contribution in [3.8, 4) is 0 Å². The van der Waals surface area contributed by atoms with Gasteiger partial charge in [0, 0.05) is 0 Å². The number of esters is 1. The van der Waals surface area contributed by atoms with E-state index in [0.717, 1.165) is 24.8 Å². The van der Waals surface area contributed by atoms with Crippen molar-refractivity contribution in [2.45, 2.75) is 64.5 Å². The lowest BCUT2D eigenvalue weighted by atomic mass is 10.1. The zero-order chi connectivity index (χ0) is 17.6. The molecule has 0 aliphatic heterocycles. The van der Waals surface area contributed by atoms with Crippen LogP contribution in [0.1, 0.15) is 57.4 Å². The van der Waals surface area contributed by atoms with Crippen molar-refractivity contribution >= 4 is 12.1 Å². The van der Waals surface area contributed by atoms with Crippen molar-refractivity contribution in [1.29, 1.82) is 0 Å². The Hall–Kier alpha value is -2.04. The van der Waals surface area contributed by atoms with Gasteiger partial charge in [-0.25, -0.2) is 9.59 Å². The third kappa shape index (κ3) is 8.56. The van der Waals surface area contributed by atoms with Crippen LogP contribution in [0.4, 0.5) is 4.79 Å². The SMILES string of the molecule is CCCCCCCC[C@H](NC(=O)OCc1ccccc1)C(=O)OC. The summed E-state index contributed by atoms with van der Waals surface area (Å²) in [5.41, 5.74) is 0.901. The van der Waals surface area contributed by atoms with Crippen molar-refractivity contribution in [1.82, 2.24) is 5.32 Å². The number of ether oxygens (including phenoxy) is 2. The van der Waals surface area contributed by atoms with Gasteiger partial charge in [0.1, 0.15) is 12.6 Å². The molecule has 0 bridgehead atoms. The topological polar surface area (TPSA) is 64.6 Å². The van der Waals surface area contributed by atoms with Gasteiger partial charge in [0.2, 0.25) is 0 Å². The second-order valence-corrected chi connectivity index (χ2v) is 5.84. The summed E-state index contributed by atoms with van der Waals surface area (Å²) in [5, 5.41) is 2.60. The largest absolute Gasteiger partial charge is 0.467 e. The summed E-state index contributed by atoms with van der Waals surface area (Å²) in [4.78, 5) is 23.7. The Balaban J connectivity index is 2.33. The Bertz CT molecular complexity index is 476. The molecule has 0 radical (unpaired) electrons. The van der Waals surface area contributed by atoms with Gasteiger partial charge in [0.15, 0.2) is 0 Å². The number of unbranched alkanes of at least 4 members (excludes halogenated alkanes) is 5. The summed E-state index contributed by atoms with van der Waals surface area (Å²) in [6, 6.07) is 8.77. The van der Waals surface area contributed by atoms with Crippen LogP contribution in [0.3, 0.4) is 0 Å². The highest BCUT2D eigenvalue weighted by atomic mass is 16.6. The minimum atomic E-state index is -0.649. The molecule has 1 rings (SSSR count). The number of benzene rings is 1. The number of nitrogens with one attached hydrogen (secondary N) is 1. The Morgan fingerprint density at radius 3 is 2.38 bits per heavy atom. The number of alkyl carbamates (subject to hydrolysis) is 1. The van der Waals surface area contributed by atoms with E-state index < -0.39 is 18.1 Å². The fourth-order valence-electron chi connectivity index (χ4n) is 2.43. The van der Waals surface area contributed by atoms with Gasteiger partial charge in [-0.15, -0.1) is 0 Å². The van der Waals surface area contributed by atoms with E-state index in [4.69, 9.17) is 9.47 Å². The molecular weight excluding hydrogens is 306 g/mol. The van der Waals surface area contributed by atoms with Crippen LogP contribution in [0, 0.1) is 0 Å². The Morgan fingerprint density at radius 2 is 1.71 bits per heavy atom. The van der Waals surface area contributed by atoms with Crippen LogP contribution < -0.4 is 5.32 Å². The predicted octanol–water partition coefficient (Wildman–Crippen LogP) is 4.21. The Kier molecular flexibility index (Phi) is 10.3. The molecule has 1 atom stereocenters. The van der Waals surface area contributed by atoms with E-state index in [1.807, 2.05) is 30.3 Å². The molecular formula is C19H29NO4. The first-order chi connectivity index (χ1) is 11.7. The number of amides is 1. The maximum Gasteiger partial charge on any atom is 0.408 e. The van der Waals surface area contributed by atoms with Gasteiger partial charge >= 0.3 is 12.1 Å². The van der Waals surface area contributed by atoms with Crippen LogP contribution >= 0.6 is 0 Å². The van der Waals surface area contributed by atoms with Crippen molar-refractivity contribution in [3.63, 3.8) is 0 Å². The van der Waals surface area contributed by atoms with Gasteiger partial charge in [0.05, 0.1) is 7.11 Å². The molecule has 1 aromatic rings. The third-order valence-corrected chi connectivity index (χ3v) is 3.84. The second kappa shape index (κ2) is 12.4. The van der Waals surface area contributed by atoms with Gasteiger partial charge < -0.3 is 14.8 Å². The summed E-state index contributed by atoms with van der Waals surface area (Å²) < 4.78 is 9.92. The molecule has 5 heteroatoms. The highest BCUT2D eigenvalue weighted by Gasteiger charge is 2.21. The average Bonchev–Trinajstić information content (AvgIpc) is 2.62. The van der Waals surface area contributed by atoms with Crippen molar-refractivity contribution in [2.75, 3.05) is 7.11 Å². The quantitative estimate of drug-likeness (QED) is 0.486. The number of hydrogen-bond donors (Lipinski definition) is 1. The molecule has 0 fully saturated rings. The number of rotatable bonds is 11. The van der Waals surface area contributed by atoms with Crippen LogP contribution in [0.5, 0.6) is 0 Å². The van der Waals surface area contributed by atoms with Crippen LogP contribution in [-0.2, 0) is 20.9 Å². The number of carbonyl (C=O) groups is 2. The first-order valence-corrected chi connectivity index (χ1v) is 8.72. The summed E-state index contributed by atoms with van der Waals surface area (Å²) in [7, 11) is 1.33.